The van der Waals surface area contributed by atoms with Crippen LogP contribution in [-0.4, -0.2) is 29.9 Å². The SMILES string of the molecule is CCOc1cc(/C=N/NC(=O)Nc2ccc(Br)c(C)c2)c(Br)cc1OCc1cccc(C(=O)O)c1. The molecule has 3 rings (SSSR count). The first-order chi connectivity index (χ1) is 16.8. The molecule has 35 heavy (non-hydrogen) atoms. The lowest BCUT2D eigenvalue weighted by molar-refractivity contribution is 0.0696. The van der Waals surface area contributed by atoms with Gasteiger partial charge in [0.1, 0.15) is 6.61 Å². The minimum Gasteiger partial charge on any atom is -0.490 e. The van der Waals surface area contributed by atoms with E-state index in [2.05, 4.69) is 47.7 Å². The van der Waals surface area contributed by atoms with Gasteiger partial charge in [-0.15, -0.1) is 0 Å². The second-order valence-corrected chi connectivity index (χ2v) is 9.04. The number of carbonyl (C=O) groups excluding carboxylic acids is 1. The number of halogens is 2. The van der Waals surface area contributed by atoms with Gasteiger partial charge in [0.15, 0.2) is 11.5 Å². The van der Waals surface area contributed by atoms with E-state index in [1.165, 1.54) is 12.3 Å². The summed E-state index contributed by atoms with van der Waals surface area (Å²) in [6.07, 6.45) is 1.49. The number of aromatic carboxylic acids is 1. The van der Waals surface area contributed by atoms with Crippen LogP contribution in [0.15, 0.2) is 68.6 Å². The van der Waals surface area contributed by atoms with Gasteiger partial charge in [-0.3, -0.25) is 0 Å². The van der Waals surface area contributed by atoms with Gasteiger partial charge < -0.3 is 19.9 Å². The number of hydrazone groups is 1. The van der Waals surface area contributed by atoms with Gasteiger partial charge >= 0.3 is 12.0 Å². The van der Waals surface area contributed by atoms with Crippen LogP contribution in [0.25, 0.3) is 0 Å². The fourth-order valence-electron chi connectivity index (χ4n) is 3.03. The molecule has 3 aromatic rings. The van der Waals surface area contributed by atoms with Crippen LogP contribution in [0.1, 0.15) is 34.0 Å². The first kappa shape index (κ1) is 26.2. The standard InChI is InChI=1S/C25H23Br2N3O5/c1-3-34-22-11-18(13-28-30-25(33)29-19-7-8-20(26)15(2)9-19)21(27)12-23(22)35-14-16-5-4-6-17(10-16)24(31)32/h4-13H,3,14H2,1-2H3,(H,31,32)(H2,29,30,33)/b28-13+. The molecule has 0 spiro atoms. The fraction of sp³-hybridized carbons (Fsp3) is 0.160. The van der Waals surface area contributed by atoms with Crippen LogP contribution < -0.4 is 20.2 Å². The van der Waals surface area contributed by atoms with Crippen molar-refractivity contribution in [3.8, 4) is 11.5 Å². The number of nitrogens with one attached hydrogen (secondary N) is 2. The highest BCUT2D eigenvalue weighted by Crippen LogP contribution is 2.34. The maximum absolute atomic E-state index is 12.2. The molecule has 0 aliphatic heterocycles. The number of urea groups is 1. The quantitative estimate of drug-likeness (QED) is 0.195. The third-order valence-electron chi connectivity index (χ3n) is 4.72. The van der Waals surface area contributed by atoms with E-state index in [-0.39, 0.29) is 12.2 Å². The van der Waals surface area contributed by atoms with Crippen molar-refractivity contribution in [3.05, 3.63) is 85.8 Å². The van der Waals surface area contributed by atoms with Gasteiger partial charge in [-0.05, 0) is 83.4 Å². The summed E-state index contributed by atoms with van der Waals surface area (Å²) in [6, 6.07) is 15.0. The first-order valence-corrected chi connectivity index (χ1v) is 12.1. The second-order valence-electron chi connectivity index (χ2n) is 7.34. The molecule has 0 radical (unpaired) electrons. The number of amides is 2. The number of carbonyl (C=O) groups is 2. The van der Waals surface area contributed by atoms with Crippen LogP contribution in [0.2, 0.25) is 0 Å². The van der Waals surface area contributed by atoms with Crippen molar-refractivity contribution < 1.29 is 24.2 Å². The number of carboxylic acid groups (broad SMARTS) is 1. The molecule has 0 fully saturated rings. The molecule has 3 aromatic carbocycles. The van der Waals surface area contributed by atoms with Crippen molar-refractivity contribution in [1.29, 1.82) is 0 Å². The smallest absolute Gasteiger partial charge is 0.339 e. The third-order valence-corrected chi connectivity index (χ3v) is 6.29. The number of nitrogens with zero attached hydrogens (tertiary/aromatic N) is 1. The zero-order valence-electron chi connectivity index (χ0n) is 19.0. The van der Waals surface area contributed by atoms with E-state index in [4.69, 9.17) is 14.6 Å². The van der Waals surface area contributed by atoms with Crippen LogP contribution >= 0.6 is 31.9 Å². The minimum atomic E-state index is -0.998. The summed E-state index contributed by atoms with van der Waals surface area (Å²) in [6.45, 7) is 4.36. The zero-order chi connectivity index (χ0) is 25.4. The summed E-state index contributed by atoms with van der Waals surface area (Å²) in [5.74, 6) is -0.0308. The molecule has 0 aliphatic rings. The Morgan fingerprint density at radius 3 is 2.51 bits per heavy atom. The van der Waals surface area contributed by atoms with Gasteiger partial charge in [-0.1, -0.05) is 28.1 Å². The van der Waals surface area contributed by atoms with Crippen LogP contribution in [0.4, 0.5) is 10.5 Å². The summed E-state index contributed by atoms with van der Waals surface area (Å²) in [4.78, 5) is 23.3. The Bertz CT molecular complexity index is 1260. The van der Waals surface area contributed by atoms with Gasteiger partial charge in [0.25, 0.3) is 0 Å². The number of anilines is 1. The molecule has 0 unspecified atom stereocenters. The molecule has 0 heterocycles. The Balaban J connectivity index is 1.67. The van der Waals surface area contributed by atoms with E-state index < -0.39 is 12.0 Å². The molecule has 0 saturated carbocycles. The fourth-order valence-corrected chi connectivity index (χ4v) is 3.70. The average Bonchev–Trinajstić information content (AvgIpc) is 2.82. The van der Waals surface area contributed by atoms with Gasteiger partial charge in [-0.2, -0.15) is 5.10 Å². The van der Waals surface area contributed by atoms with Crippen LogP contribution in [0.3, 0.4) is 0 Å². The molecule has 10 heteroatoms. The number of hydrogen-bond acceptors (Lipinski definition) is 5. The zero-order valence-corrected chi connectivity index (χ0v) is 22.1. The molecule has 0 saturated heterocycles. The monoisotopic (exact) mass is 603 g/mol. The van der Waals surface area contributed by atoms with Crippen LogP contribution in [0, 0.1) is 6.92 Å². The number of hydrogen-bond donors (Lipinski definition) is 3. The summed E-state index contributed by atoms with van der Waals surface area (Å²) in [5.41, 5.74) is 5.64. The Kier molecular flexibility index (Phi) is 9.27. The highest BCUT2D eigenvalue weighted by Gasteiger charge is 2.12. The third kappa shape index (κ3) is 7.56. The van der Waals surface area contributed by atoms with Gasteiger partial charge in [0.05, 0.1) is 18.4 Å². The lowest BCUT2D eigenvalue weighted by atomic mass is 10.1. The molecular weight excluding hydrogens is 582 g/mol. The van der Waals surface area contributed by atoms with E-state index in [1.54, 1.807) is 36.4 Å². The van der Waals surface area contributed by atoms with Crippen molar-refractivity contribution in [2.45, 2.75) is 20.5 Å². The molecule has 182 valence electrons. The highest BCUT2D eigenvalue weighted by molar-refractivity contribution is 9.10. The molecule has 8 nitrogen and oxygen atoms in total. The molecule has 0 bridgehead atoms. The van der Waals surface area contributed by atoms with E-state index >= 15 is 0 Å². The highest BCUT2D eigenvalue weighted by atomic mass is 79.9. The van der Waals surface area contributed by atoms with Crippen LogP contribution in [0.5, 0.6) is 11.5 Å². The lowest BCUT2D eigenvalue weighted by Gasteiger charge is -2.14. The first-order valence-electron chi connectivity index (χ1n) is 10.5. The molecule has 2 amide bonds. The Hall–Kier alpha value is -3.37. The van der Waals surface area contributed by atoms with Gasteiger partial charge in [0.2, 0.25) is 0 Å². The predicted octanol–water partition coefficient (Wildman–Crippen LogP) is 6.35. The number of ether oxygens (including phenoxy) is 2. The van der Waals surface area contributed by atoms with Crippen molar-refractivity contribution >= 4 is 55.8 Å². The molecular formula is C25H23Br2N3O5. The van der Waals surface area contributed by atoms with Gasteiger partial charge in [0, 0.05) is 20.2 Å². The summed E-state index contributed by atoms with van der Waals surface area (Å²) in [7, 11) is 0. The minimum absolute atomic E-state index is 0.165. The largest absolute Gasteiger partial charge is 0.490 e. The maximum atomic E-state index is 12.2. The Morgan fingerprint density at radius 1 is 1.03 bits per heavy atom. The number of carboxylic acids is 1. The average molecular weight is 605 g/mol. The van der Waals surface area contributed by atoms with E-state index in [0.717, 1.165) is 10.0 Å². The Morgan fingerprint density at radius 2 is 1.80 bits per heavy atom. The van der Waals surface area contributed by atoms with Crippen molar-refractivity contribution in [2.24, 2.45) is 5.10 Å². The van der Waals surface area contributed by atoms with E-state index in [9.17, 15) is 9.59 Å². The number of aryl methyl sites for hydroxylation is 1. The molecule has 0 aromatic heterocycles. The van der Waals surface area contributed by atoms with Gasteiger partial charge in [-0.25, -0.2) is 15.0 Å². The van der Waals surface area contributed by atoms with Crippen molar-refractivity contribution in [1.82, 2.24) is 5.43 Å². The normalized spacial score (nSPS) is 10.7. The molecule has 3 N–H and O–H groups in total. The van der Waals surface area contributed by atoms with Crippen molar-refractivity contribution in [2.75, 3.05) is 11.9 Å². The molecule has 0 aliphatic carbocycles. The Labute approximate surface area is 219 Å². The second kappa shape index (κ2) is 12.4. The van der Waals surface area contributed by atoms with E-state index in [0.29, 0.717) is 39.4 Å². The lowest BCUT2D eigenvalue weighted by Crippen LogP contribution is -2.24. The maximum Gasteiger partial charge on any atom is 0.339 e. The number of benzene rings is 3. The summed E-state index contributed by atoms with van der Waals surface area (Å²) in [5, 5.41) is 15.9. The van der Waals surface area contributed by atoms with E-state index in [1.807, 2.05) is 26.0 Å². The molecule has 0 atom stereocenters. The summed E-state index contributed by atoms with van der Waals surface area (Å²) < 4.78 is 13.2. The topological polar surface area (TPSA) is 109 Å². The van der Waals surface area contributed by atoms with Crippen molar-refractivity contribution in [3.63, 3.8) is 0 Å². The predicted molar refractivity (Wildman–Crippen MR) is 142 cm³/mol. The summed E-state index contributed by atoms with van der Waals surface area (Å²) >= 11 is 6.91. The van der Waals surface area contributed by atoms with Crippen LogP contribution in [-0.2, 0) is 6.61 Å². The number of rotatable bonds is 9.